The van der Waals surface area contributed by atoms with Gasteiger partial charge in [-0.3, -0.25) is 9.59 Å². The summed E-state index contributed by atoms with van der Waals surface area (Å²) in [6.07, 6.45) is 1.91. The summed E-state index contributed by atoms with van der Waals surface area (Å²) in [5.41, 5.74) is 0.449. The van der Waals surface area contributed by atoms with E-state index in [9.17, 15) is 18.8 Å². The molecule has 0 unspecified atom stereocenters. The number of carboxylic acid groups (broad SMARTS) is 1. The van der Waals surface area contributed by atoms with Crippen LogP contribution in [-0.4, -0.2) is 36.1 Å². The Hall–Kier alpha value is -2.70. The number of rotatable bonds is 6. The summed E-state index contributed by atoms with van der Waals surface area (Å²) in [7, 11) is 1.12. The van der Waals surface area contributed by atoms with E-state index in [0.29, 0.717) is 5.56 Å². The van der Waals surface area contributed by atoms with Crippen LogP contribution in [0.25, 0.3) is 6.08 Å². The van der Waals surface area contributed by atoms with Gasteiger partial charge in [-0.25, -0.2) is 9.18 Å². The molecule has 112 valence electrons. The zero-order valence-electron chi connectivity index (χ0n) is 11.2. The van der Waals surface area contributed by atoms with Gasteiger partial charge in [-0.1, -0.05) is 12.1 Å². The first kappa shape index (κ1) is 16.4. The number of carboxylic acids is 1. The zero-order chi connectivity index (χ0) is 15.8. The fourth-order valence-electron chi connectivity index (χ4n) is 1.45. The molecule has 0 aliphatic carbocycles. The molecule has 0 bridgehead atoms. The SMILES string of the molecule is COC(=O)C[C@H](NC(=O)C=Cc1cccc(F)c1)C(=O)O. The Morgan fingerprint density at radius 1 is 1.43 bits per heavy atom. The van der Waals surface area contributed by atoms with Crippen LogP contribution in [0.5, 0.6) is 0 Å². The predicted molar refractivity (Wildman–Crippen MR) is 71.6 cm³/mol. The molecule has 0 fully saturated rings. The third-order valence-electron chi connectivity index (χ3n) is 2.49. The smallest absolute Gasteiger partial charge is 0.326 e. The normalized spacial score (nSPS) is 11.9. The first-order valence-electron chi connectivity index (χ1n) is 5.96. The number of carbonyl (C=O) groups excluding carboxylic acids is 2. The maximum atomic E-state index is 12.9. The second-order valence-corrected chi connectivity index (χ2v) is 4.07. The van der Waals surface area contributed by atoms with Crippen LogP contribution in [0.2, 0.25) is 0 Å². The van der Waals surface area contributed by atoms with Gasteiger partial charge in [-0.2, -0.15) is 0 Å². The summed E-state index contributed by atoms with van der Waals surface area (Å²) >= 11 is 0. The van der Waals surface area contributed by atoms with Gasteiger partial charge in [0.1, 0.15) is 11.9 Å². The zero-order valence-corrected chi connectivity index (χ0v) is 11.2. The molecular weight excluding hydrogens is 281 g/mol. The maximum Gasteiger partial charge on any atom is 0.326 e. The molecule has 1 amide bonds. The molecule has 1 rings (SSSR count). The topological polar surface area (TPSA) is 92.7 Å². The van der Waals surface area contributed by atoms with Crippen molar-refractivity contribution in [3.63, 3.8) is 0 Å². The van der Waals surface area contributed by atoms with Crippen LogP contribution in [0.3, 0.4) is 0 Å². The third kappa shape index (κ3) is 5.85. The molecule has 0 aromatic heterocycles. The first-order chi connectivity index (χ1) is 9.92. The van der Waals surface area contributed by atoms with Crippen molar-refractivity contribution in [1.82, 2.24) is 5.32 Å². The molecule has 21 heavy (non-hydrogen) atoms. The second-order valence-electron chi connectivity index (χ2n) is 4.07. The van der Waals surface area contributed by atoms with E-state index in [-0.39, 0.29) is 0 Å². The van der Waals surface area contributed by atoms with E-state index in [0.717, 1.165) is 13.2 Å². The molecule has 0 heterocycles. The van der Waals surface area contributed by atoms with E-state index in [1.807, 2.05) is 0 Å². The number of ether oxygens (including phenoxy) is 1. The molecule has 1 aromatic carbocycles. The van der Waals surface area contributed by atoms with Crippen LogP contribution in [0.1, 0.15) is 12.0 Å². The molecule has 0 saturated carbocycles. The van der Waals surface area contributed by atoms with Crippen molar-refractivity contribution in [3.05, 3.63) is 41.7 Å². The minimum absolute atomic E-state index is 0.449. The van der Waals surface area contributed by atoms with E-state index in [2.05, 4.69) is 10.1 Å². The minimum atomic E-state index is -1.39. The number of hydrogen-bond donors (Lipinski definition) is 2. The molecule has 7 heteroatoms. The van der Waals surface area contributed by atoms with Crippen LogP contribution >= 0.6 is 0 Å². The molecule has 1 aromatic rings. The Morgan fingerprint density at radius 2 is 2.14 bits per heavy atom. The Bertz CT molecular complexity index is 570. The van der Waals surface area contributed by atoms with Crippen molar-refractivity contribution in [2.45, 2.75) is 12.5 Å². The van der Waals surface area contributed by atoms with E-state index in [1.165, 1.54) is 24.3 Å². The summed E-state index contributed by atoms with van der Waals surface area (Å²) in [6, 6.07) is 4.14. The quantitative estimate of drug-likeness (QED) is 0.602. The molecule has 6 nitrogen and oxygen atoms in total. The van der Waals surface area contributed by atoms with Crippen molar-refractivity contribution in [3.8, 4) is 0 Å². The van der Waals surface area contributed by atoms with Gasteiger partial charge in [0.2, 0.25) is 5.91 Å². The molecular formula is C14H14FNO5. The Kier molecular flexibility index (Phi) is 6.06. The lowest BCUT2D eigenvalue weighted by molar-refractivity contribution is -0.148. The highest BCUT2D eigenvalue weighted by molar-refractivity contribution is 5.95. The number of benzene rings is 1. The number of esters is 1. The van der Waals surface area contributed by atoms with Gasteiger partial charge in [0, 0.05) is 6.08 Å². The Labute approximate surface area is 120 Å². The molecule has 0 radical (unpaired) electrons. The largest absolute Gasteiger partial charge is 0.480 e. The molecule has 0 aliphatic rings. The summed E-state index contributed by atoms with van der Waals surface area (Å²) in [5.74, 6) is -3.27. The standard InChI is InChI=1S/C14H14FNO5/c1-21-13(18)8-11(14(19)20)16-12(17)6-5-9-3-2-4-10(15)7-9/h2-7,11H,8H2,1H3,(H,16,17)(H,19,20)/t11-/m0/s1. The van der Waals surface area contributed by atoms with Crippen molar-refractivity contribution < 1.29 is 28.6 Å². The summed E-state index contributed by atoms with van der Waals surface area (Å²) in [4.78, 5) is 33.5. The van der Waals surface area contributed by atoms with Gasteiger partial charge in [0.25, 0.3) is 0 Å². The molecule has 1 atom stereocenters. The average Bonchev–Trinajstić information content (AvgIpc) is 2.44. The van der Waals surface area contributed by atoms with E-state index < -0.39 is 36.1 Å². The summed E-state index contributed by atoms with van der Waals surface area (Å²) in [5, 5.41) is 11.0. The number of nitrogens with one attached hydrogen (secondary N) is 1. The highest BCUT2D eigenvalue weighted by Crippen LogP contribution is 2.05. The second kappa shape index (κ2) is 7.78. The third-order valence-corrected chi connectivity index (χ3v) is 2.49. The van der Waals surface area contributed by atoms with Gasteiger partial charge in [-0.05, 0) is 23.8 Å². The average molecular weight is 295 g/mol. The predicted octanol–water partition coefficient (Wildman–Crippen LogP) is 0.971. The van der Waals surface area contributed by atoms with Gasteiger partial charge in [-0.15, -0.1) is 0 Å². The van der Waals surface area contributed by atoms with Crippen LogP contribution < -0.4 is 5.32 Å². The van der Waals surface area contributed by atoms with Crippen molar-refractivity contribution in [2.24, 2.45) is 0 Å². The van der Waals surface area contributed by atoms with Gasteiger partial charge >= 0.3 is 11.9 Å². The lowest BCUT2D eigenvalue weighted by Gasteiger charge is -2.11. The van der Waals surface area contributed by atoms with Gasteiger partial charge in [0.05, 0.1) is 13.5 Å². The van der Waals surface area contributed by atoms with Gasteiger partial charge in [0.15, 0.2) is 0 Å². The summed E-state index contributed by atoms with van der Waals surface area (Å²) < 4.78 is 17.3. The van der Waals surface area contributed by atoms with Crippen LogP contribution in [0, 0.1) is 5.82 Å². The lowest BCUT2D eigenvalue weighted by Crippen LogP contribution is -2.41. The monoisotopic (exact) mass is 295 g/mol. The minimum Gasteiger partial charge on any atom is -0.480 e. The highest BCUT2D eigenvalue weighted by atomic mass is 19.1. The molecule has 0 saturated heterocycles. The highest BCUT2D eigenvalue weighted by Gasteiger charge is 2.22. The van der Waals surface area contributed by atoms with Crippen LogP contribution in [0.4, 0.5) is 4.39 Å². The fraction of sp³-hybridized carbons (Fsp3) is 0.214. The van der Waals surface area contributed by atoms with Crippen molar-refractivity contribution in [2.75, 3.05) is 7.11 Å². The number of halogens is 1. The molecule has 2 N–H and O–H groups in total. The number of amides is 1. The number of hydrogen-bond acceptors (Lipinski definition) is 4. The summed E-state index contributed by atoms with van der Waals surface area (Å²) in [6.45, 7) is 0. The van der Waals surface area contributed by atoms with Crippen molar-refractivity contribution >= 4 is 23.9 Å². The van der Waals surface area contributed by atoms with Crippen LogP contribution in [-0.2, 0) is 19.1 Å². The maximum absolute atomic E-state index is 12.9. The van der Waals surface area contributed by atoms with E-state index >= 15 is 0 Å². The van der Waals surface area contributed by atoms with E-state index in [1.54, 1.807) is 6.07 Å². The van der Waals surface area contributed by atoms with E-state index in [4.69, 9.17) is 5.11 Å². The van der Waals surface area contributed by atoms with Crippen LogP contribution in [0.15, 0.2) is 30.3 Å². The Balaban J connectivity index is 2.65. The van der Waals surface area contributed by atoms with Crippen molar-refractivity contribution in [1.29, 1.82) is 0 Å². The fourth-order valence-corrected chi connectivity index (χ4v) is 1.45. The Morgan fingerprint density at radius 3 is 2.71 bits per heavy atom. The van der Waals surface area contributed by atoms with Gasteiger partial charge < -0.3 is 15.2 Å². The number of aliphatic carboxylic acids is 1. The first-order valence-corrected chi connectivity index (χ1v) is 5.96. The lowest BCUT2D eigenvalue weighted by atomic mass is 10.2. The number of carbonyl (C=O) groups is 3. The molecule has 0 spiro atoms. The molecule has 0 aliphatic heterocycles. The number of methoxy groups -OCH3 is 1.